The van der Waals surface area contributed by atoms with E-state index in [0.29, 0.717) is 16.7 Å². The molecule has 0 spiro atoms. The normalized spacial score (nSPS) is 10.1. The topological polar surface area (TPSA) is 75.3 Å². The monoisotopic (exact) mass is 304 g/mol. The van der Waals surface area contributed by atoms with Gasteiger partial charge in [-0.1, -0.05) is 24.4 Å². The second-order valence-corrected chi connectivity index (χ2v) is 4.84. The summed E-state index contributed by atoms with van der Waals surface area (Å²) >= 11 is 4.77. The zero-order chi connectivity index (χ0) is 15.4. The van der Waals surface area contributed by atoms with E-state index in [9.17, 15) is 9.18 Å². The summed E-state index contributed by atoms with van der Waals surface area (Å²) in [5.41, 5.74) is 6.58. The molecule has 0 unspecified atom stereocenters. The van der Waals surface area contributed by atoms with Gasteiger partial charge in [0, 0.05) is 23.2 Å². The van der Waals surface area contributed by atoms with Crippen molar-refractivity contribution >= 4 is 23.1 Å². The summed E-state index contributed by atoms with van der Waals surface area (Å²) < 4.78 is 13.8. The van der Waals surface area contributed by atoms with Crippen molar-refractivity contribution in [3.8, 4) is 5.75 Å². The molecule has 0 aromatic heterocycles. The molecule has 4 N–H and O–H groups in total. The Balaban J connectivity index is 2.04. The number of rotatable bonds is 4. The molecule has 0 saturated heterocycles. The molecule has 108 valence electrons. The van der Waals surface area contributed by atoms with Crippen LogP contribution in [0.15, 0.2) is 42.5 Å². The van der Waals surface area contributed by atoms with Gasteiger partial charge in [0.15, 0.2) is 0 Å². The van der Waals surface area contributed by atoms with Crippen LogP contribution in [-0.4, -0.2) is 16.0 Å². The highest BCUT2D eigenvalue weighted by Crippen LogP contribution is 2.12. The van der Waals surface area contributed by atoms with Crippen LogP contribution in [0.4, 0.5) is 4.39 Å². The molecular weight excluding hydrogens is 291 g/mol. The number of carbonyl (C=O) groups excluding carboxylic acids is 1. The third kappa shape index (κ3) is 3.76. The largest absolute Gasteiger partial charge is 0.508 e. The van der Waals surface area contributed by atoms with Gasteiger partial charge in [-0.05, 0) is 30.3 Å². The lowest BCUT2D eigenvalue weighted by Gasteiger charge is -2.08. The molecule has 0 bridgehead atoms. The number of aromatic hydroxyl groups is 1. The number of amides is 1. The van der Waals surface area contributed by atoms with Crippen LogP contribution in [0.5, 0.6) is 5.75 Å². The van der Waals surface area contributed by atoms with Gasteiger partial charge in [0.1, 0.15) is 16.6 Å². The summed E-state index contributed by atoms with van der Waals surface area (Å²) in [7, 11) is 0. The van der Waals surface area contributed by atoms with E-state index in [2.05, 4.69) is 5.32 Å². The van der Waals surface area contributed by atoms with Crippen LogP contribution in [0.2, 0.25) is 0 Å². The molecule has 0 aliphatic carbocycles. The number of nitrogens with two attached hydrogens (primary N) is 1. The highest BCUT2D eigenvalue weighted by molar-refractivity contribution is 7.80. The van der Waals surface area contributed by atoms with Crippen molar-refractivity contribution in [1.82, 2.24) is 5.32 Å². The minimum Gasteiger partial charge on any atom is -0.508 e. The van der Waals surface area contributed by atoms with E-state index >= 15 is 0 Å². The summed E-state index contributed by atoms with van der Waals surface area (Å²) in [6.45, 7) is 0.0448. The molecule has 21 heavy (non-hydrogen) atoms. The average molecular weight is 304 g/mol. The molecule has 0 heterocycles. The Labute approximate surface area is 126 Å². The fourth-order valence-electron chi connectivity index (χ4n) is 1.73. The summed E-state index contributed by atoms with van der Waals surface area (Å²) in [4.78, 5) is 12.0. The molecule has 0 atom stereocenters. The standard InChI is InChI=1S/C15H13FN2O2S/c16-13-7-10(14(17)21)1-2-11(13)8-18-15(20)9-3-5-12(19)6-4-9/h1-7,19H,8H2,(H2,17,21)(H,18,20). The Bertz CT molecular complexity index is 687. The van der Waals surface area contributed by atoms with E-state index in [-0.39, 0.29) is 23.2 Å². The van der Waals surface area contributed by atoms with Crippen molar-refractivity contribution < 1.29 is 14.3 Å². The van der Waals surface area contributed by atoms with Crippen LogP contribution >= 0.6 is 12.2 Å². The molecule has 0 saturated carbocycles. The molecule has 1 amide bonds. The van der Waals surface area contributed by atoms with Gasteiger partial charge in [-0.25, -0.2) is 4.39 Å². The summed E-state index contributed by atoms with van der Waals surface area (Å²) in [5.74, 6) is -0.759. The van der Waals surface area contributed by atoms with Gasteiger partial charge in [-0.15, -0.1) is 0 Å². The van der Waals surface area contributed by atoms with E-state index in [1.54, 1.807) is 6.07 Å². The first kappa shape index (κ1) is 14.9. The summed E-state index contributed by atoms with van der Waals surface area (Å²) in [6, 6.07) is 10.2. The zero-order valence-corrected chi connectivity index (χ0v) is 11.8. The molecule has 2 rings (SSSR count). The number of nitrogens with one attached hydrogen (secondary N) is 1. The van der Waals surface area contributed by atoms with Crippen molar-refractivity contribution in [3.63, 3.8) is 0 Å². The van der Waals surface area contributed by atoms with Crippen molar-refractivity contribution in [2.75, 3.05) is 0 Å². The van der Waals surface area contributed by atoms with Crippen molar-refractivity contribution in [1.29, 1.82) is 0 Å². The first-order chi connectivity index (χ1) is 9.97. The maximum atomic E-state index is 13.8. The molecule has 0 fully saturated rings. The van der Waals surface area contributed by atoms with Gasteiger partial charge >= 0.3 is 0 Å². The number of benzene rings is 2. The zero-order valence-electron chi connectivity index (χ0n) is 11.0. The first-order valence-corrected chi connectivity index (χ1v) is 6.53. The van der Waals surface area contributed by atoms with Crippen molar-refractivity contribution in [2.24, 2.45) is 5.73 Å². The Hall–Kier alpha value is -2.47. The lowest BCUT2D eigenvalue weighted by Crippen LogP contribution is -2.23. The minimum absolute atomic E-state index is 0.0448. The van der Waals surface area contributed by atoms with Crippen LogP contribution in [0.25, 0.3) is 0 Å². The predicted octanol–water partition coefficient (Wildman–Crippen LogP) is 2.10. The third-order valence-corrected chi connectivity index (χ3v) is 3.14. The Kier molecular flexibility index (Phi) is 4.49. The van der Waals surface area contributed by atoms with Gasteiger partial charge < -0.3 is 16.2 Å². The second-order valence-electron chi connectivity index (χ2n) is 4.40. The first-order valence-electron chi connectivity index (χ1n) is 6.13. The van der Waals surface area contributed by atoms with Gasteiger partial charge in [-0.3, -0.25) is 4.79 Å². The molecule has 0 radical (unpaired) electrons. The van der Waals surface area contributed by atoms with Crippen LogP contribution in [0, 0.1) is 5.82 Å². The van der Waals surface area contributed by atoms with Gasteiger partial charge in [0.05, 0.1) is 0 Å². The Morgan fingerprint density at radius 2 is 1.81 bits per heavy atom. The molecular formula is C15H13FN2O2S. The van der Waals surface area contributed by atoms with Crippen LogP contribution < -0.4 is 11.1 Å². The summed E-state index contributed by atoms with van der Waals surface area (Å²) in [6.07, 6.45) is 0. The smallest absolute Gasteiger partial charge is 0.251 e. The number of hydrogen-bond donors (Lipinski definition) is 3. The average Bonchev–Trinajstić information content (AvgIpc) is 2.46. The lowest BCUT2D eigenvalue weighted by molar-refractivity contribution is 0.0950. The lowest BCUT2D eigenvalue weighted by atomic mass is 10.1. The molecule has 2 aromatic carbocycles. The van der Waals surface area contributed by atoms with E-state index in [1.165, 1.54) is 36.4 Å². The van der Waals surface area contributed by atoms with Crippen molar-refractivity contribution in [2.45, 2.75) is 6.54 Å². The molecule has 0 aliphatic heterocycles. The number of halogens is 1. The van der Waals surface area contributed by atoms with E-state index in [0.717, 1.165) is 0 Å². The molecule has 0 aliphatic rings. The van der Waals surface area contributed by atoms with Crippen LogP contribution in [0.3, 0.4) is 0 Å². The van der Waals surface area contributed by atoms with Gasteiger partial charge in [0.2, 0.25) is 0 Å². The predicted molar refractivity (Wildman–Crippen MR) is 81.6 cm³/mol. The molecule has 6 heteroatoms. The Morgan fingerprint density at radius 3 is 2.38 bits per heavy atom. The molecule has 2 aromatic rings. The van der Waals surface area contributed by atoms with Crippen LogP contribution in [-0.2, 0) is 6.54 Å². The van der Waals surface area contributed by atoms with Gasteiger partial charge in [-0.2, -0.15) is 0 Å². The minimum atomic E-state index is -0.480. The summed E-state index contributed by atoms with van der Waals surface area (Å²) in [5, 5.41) is 11.8. The SMILES string of the molecule is NC(=S)c1ccc(CNC(=O)c2ccc(O)cc2)c(F)c1. The number of thiocarbonyl (C=S) groups is 1. The highest BCUT2D eigenvalue weighted by Gasteiger charge is 2.08. The molecule has 4 nitrogen and oxygen atoms in total. The highest BCUT2D eigenvalue weighted by atomic mass is 32.1. The second kappa shape index (κ2) is 6.32. The Morgan fingerprint density at radius 1 is 1.19 bits per heavy atom. The maximum absolute atomic E-state index is 13.8. The third-order valence-electron chi connectivity index (χ3n) is 2.91. The van der Waals surface area contributed by atoms with E-state index < -0.39 is 5.82 Å². The van der Waals surface area contributed by atoms with E-state index in [1.807, 2.05) is 0 Å². The number of phenolic OH excluding ortho intramolecular Hbond substituents is 1. The van der Waals surface area contributed by atoms with Crippen LogP contribution in [0.1, 0.15) is 21.5 Å². The van der Waals surface area contributed by atoms with E-state index in [4.69, 9.17) is 23.1 Å². The number of hydrogen-bond acceptors (Lipinski definition) is 3. The van der Waals surface area contributed by atoms with Gasteiger partial charge in [0.25, 0.3) is 5.91 Å². The quantitative estimate of drug-likeness (QED) is 0.756. The number of carbonyl (C=O) groups is 1. The fourth-order valence-corrected chi connectivity index (χ4v) is 1.86. The van der Waals surface area contributed by atoms with Crippen molar-refractivity contribution in [3.05, 3.63) is 65.0 Å². The fraction of sp³-hybridized carbons (Fsp3) is 0.0667. The maximum Gasteiger partial charge on any atom is 0.251 e. The number of phenols is 1.